The second-order valence-corrected chi connectivity index (χ2v) is 4.73. The van der Waals surface area contributed by atoms with Gasteiger partial charge in [-0.15, -0.1) is 0 Å². The summed E-state index contributed by atoms with van der Waals surface area (Å²) in [6, 6.07) is 0. The maximum Gasteiger partial charge on any atom is 0.205 e. The van der Waals surface area contributed by atoms with Crippen molar-refractivity contribution < 1.29 is 4.74 Å². The molecule has 0 aliphatic rings. The van der Waals surface area contributed by atoms with Crippen LogP contribution in [0.2, 0.25) is 0 Å². The average Bonchev–Trinajstić information content (AvgIpc) is 2.78. The minimum absolute atomic E-state index is 0.190. The van der Waals surface area contributed by atoms with Gasteiger partial charge in [0.25, 0.3) is 0 Å². The molecule has 1 rings (SSSR count). The summed E-state index contributed by atoms with van der Waals surface area (Å²) >= 11 is 1.40. The minimum atomic E-state index is 0.190. The number of ether oxygens (including phenoxy) is 1. The van der Waals surface area contributed by atoms with Crippen LogP contribution in [0.15, 0.2) is 0 Å². The lowest BCUT2D eigenvalue weighted by Crippen LogP contribution is -2.30. The second kappa shape index (κ2) is 7.99. The highest BCUT2D eigenvalue weighted by Crippen LogP contribution is 2.18. The molecule has 0 aliphatic carbocycles. The molecule has 3 N–H and O–H groups in total. The fraction of sp³-hybridized carbons (Fsp3) is 0.727. The van der Waals surface area contributed by atoms with Crippen LogP contribution in [0.4, 0.5) is 5.13 Å². The number of nitrogens with two attached hydrogens (primary N) is 1. The first kappa shape index (κ1) is 14.8. The molecule has 0 amide bonds. The van der Waals surface area contributed by atoms with E-state index in [9.17, 15) is 0 Å². The maximum atomic E-state index is 7.29. The van der Waals surface area contributed by atoms with Gasteiger partial charge in [0.05, 0.1) is 12.4 Å². The molecule has 0 aromatic carbocycles. The van der Waals surface area contributed by atoms with E-state index in [1.54, 1.807) is 7.11 Å². The lowest BCUT2D eigenvalue weighted by atomic mass is 10.3. The Balaban J connectivity index is 2.63. The molecule has 18 heavy (non-hydrogen) atoms. The third kappa shape index (κ3) is 4.97. The Labute approximate surface area is 112 Å². The lowest BCUT2D eigenvalue weighted by Gasteiger charge is -2.20. The molecule has 0 bridgehead atoms. The molecular formula is C11H21N5OS. The summed E-state index contributed by atoms with van der Waals surface area (Å²) in [6.45, 7) is 4.16. The zero-order valence-corrected chi connectivity index (χ0v) is 11.8. The fourth-order valence-electron chi connectivity index (χ4n) is 1.46. The predicted molar refractivity (Wildman–Crippen MR) is 74.5 cm³/mol. The number of aromatic nitrogens is 2. The summed E-state index contributed by atoms with van der Waals surface area (Å²) in [7, 11) is 1.67. The monoisotopic (exact) mass is 271 g/mol. The van der Waals surface area contributed by atoms with E-state index in [2.05, 4.69) is 21.2 Å². The number of hydrogen-bond acceptors (Lipinski definition) is 6. The molecular weight excluding hydrogens is 250 g/mol. The van der Waals surface area contributed by atoms with E-state index in [-0.39, 0.29) is 5.84 Å². The standard InChI is InChI=1S/C11H21N5OS/c1-3-4-10-14-11(18-15-10)16(7-8-17-2)6-5-9(12)13/h3-8H2,1-2H3,(H3,12,13). The Kier molecular flexibility index (Phi) is 6.59. The van der Waals surface area contributed by atoms with Gasteiger partial charge in [-0.05, 0) is 6.42 Å². The van der Waals surface area contributed by atoms with E-state index >= 15 is 0 Å². The van der Waals surface area contributed by atoms with Gasteiger partial charge in [0.2, 0.25) is 5.13 Å². The second-order valence-electron chi connectivity index (χ2n) is 4.00. The Morgan fingerprint density at radius 3 is 2.89 bits per heavy atom. The largest absolute Gasteiger partial charge is 0.388 e. The van der Waals surface area contributed by atoms with Crippen molar-refractivity contribution in [1.29, 1.82) is 5.41 Å². The first-order chi connectivity index (χ1) is 8.67. The number of hydrogen-bond donors (Lipinski definition) is 2. The van der Waals surface area contributed by atoms with Crippen molar-refractivity contribution >= 4 is 22.5 Å². The molecule has 1 heterocycles. The third-order valence-corrected chi connectivity index (χ3v) is 3.23. The summed E-state index contributed by atoms with van der Waals surface area (Å²) < 4.78 is 9.41. The van der Waals surface area contributed by atoms with E-state index in [4.69, 9.17) is 15.9 Å². The van der Waals surface area contributed by atoms with Crippen LogP contribution in [0, 0.1) is 5.41 Å². The Morgan fingerprint density at radius 2 is 2.28 bits per heavy atom. The zero-order chi connectivity index (χ0) is 13.4. The van der Waals surface area contributed by atoms with Gasteiger partial charge in [0, 0.05) is 44.6 Å². The molecule has 0 atom stereocenters. The number of amidine groups is 1. The van der Waals surface area contributed by atoms with Gasteiger partial charge < -0.3 is 15.4 Å². The van der Waals surface area contributed by atoms with Gasteiger partial charge in [0.1, 0.15) is 5.82 Å². The maximum absolute atomic E-state index is 7.29. The highest BCUT2D eigenvalue weighted by Gasteiger charge is 2.12. The molecule has 0 saturated heterocycles. The first-order valence-electron chi connectivity index (χ1n) is 6.06. The molecule has 7 heteroatoms. The number of aryl methyl sites for hydroxylation is 1. The first-order valence-corrected chi connectivity index (χ1v) is 6.84. The molecule has 0 fully saturated rings. The van der Waals surface area contributed by atoms with Crippen LogP contribution < -0.4 is 10.6 Å². The average molecular weight is 271 g/mol. The number of nitrogens with zero attached hydrogens (tertiary/aromatic N) is 3. The van der Waals surface area contributed by atoms with E-state index in [1.807, 2.05) is 0 Å². The number of methoxy groups -OCH3 is 1. The number of rotatable bonds is 9. The zero-order valence-electron chi connectivity index (χ0n) is 11.0. The molecule has 1 aromatic heterocycles. The van der Waals surface area contributed by atoms with Gasteiger partial charge in [0.15, 0.2) is 0 Å². The van der Waals surface area contributed by atoms with E-state index in [0.717, 1.165) is 30.3 Å². The van der Waals surface area contributed by atoms with Gasteiger partial charge in [-0.1, -0.05) is 6.92 Å². The van der Waals surface area contributed by atoms with Crippen LogP contribution in [0.1, 0.15) is 25.6 Å². The van der Waals surface area contributed by atoms with Crippen molar-refractivity contribution in [2.75, 3.05) is 31.7 Å². The third-order valence-electron chi connectivity index (χ3n) is 2.42. The number of nitrogens with one attached hydrogen (secondary N) is 1. The molecule has 6 nitrogen and oxygen atoms in total. The van der Waals surface area contributed by atoms with Crippen LogP contribution in [0.5, 0.6) is 0 Å². The lowest BCUT2D eigenvalue weighted by molar-refractivity contribution is 0.205. The van der Waals surface area contributed by atoms with Crippen molar-refractivity contribution in [2.45, 2.75) is 26.2 Å². The number of anilines is 1. The van der Waals surface area contributed by atoms with Crippen molar-refractivity contribution in [3.8, 4) is 0 Å². The van der Waals surface area contributed by atoms with Crippen molar-refractivity contribution in [3.63, 3.8) is 0 Å². The Hall–Kier alpha value is -1.21. The van der Waals surface area contributed by atoms with E-state index < -0.39 is 0 Å². The predicted octanol–water partition coefficient (Wildman–Crippen LogP) is 1.27. The van der Waals surface area contributed by atoms with Crippen molar-refractivity contribution in [3.05, 3.63) is 5.82 Å². The highest BCUT2D eigenvalue weighted by atomic mass is 32.1. The molecule has 1 aromatic rings. The molecule has 0 saturated carbocycles. The van der Waals surface area contributed by atoms with Gasteiger partial charge in [-0.2, -0.15) is 4.37 Å². The van der Waals surface area contributed by atoms with Gasteiger partial charge >= 0.3 is 0 Å². The summed E-state index contributed by atoms with van der Waals surface area (Å²) in [6.07, 6.45) is 2.48. The molecule has 0 spiro atoms. The SMILES string of the molecule is CCCc1nsc(N(CCOC)CCC(=N)N)n1. The summed E-state index contributed by atoms with van der Waals surface area (Å²) in [4.78, 5) is 6.57. The minimum Gasteiger partial charge on any atom is -0.388 e. The summed E-state index contributed by atoms with van der Waals surface area (Å²) in [5, 5.41) is 8.17. The van der Waals surface area contributed by atoms with Crippen LogP contribution in [-0.4, -0.2) is 42.0 Å². The Morgan fingerprint density at radius 1 is 1.50 bits per heavy atom. The van der Waals surface area contributed by atoms with Crippen LogP contribution in [0.3, 0.4) is 0 Å². The molecule has 0 unspecified atom stereocenters. The quantitative estimate of drug-likeness (QED) is 0.521. The molecule has 0 aliphatic heterocycles. The smallest absolute Gasteiger partial charge is 0.205 e. The van der Waals surface area contributed by atoms with Crippen molar-refractivity contribution in [2.24, 2.45) is 5.73 Å². The summed E-state index contributed by atoms with van der Waals surface area (Å²) in [5.41, 5.74) is 5.39. The topological polar surface area (TPSA) is 88.1 Å². The normalized spacial score (nSPS) is 10.6. The van der Waals surface area contributed by atoms with E-state index in [0.29, 0.717) is 19.6 Å². The Bertz CT molecular complexity index is 368. The van der Waals surface area contributed by atoms with E-state index in [1.165, 1.54) is 11.5 Å². The van der Waals surface area contributed by atoms with Crippen LogP contribution >= 0.6 is 11.5 Å². The molecule has 102 valence electrons. The highest BCUT2D eigenvalue weighted by molar-refractivity contribution is 7.09. The summed E-state index contributed by atoms with van der Waals surface area (Å²) in [5.74, 6) is 1.08. The fourth-order valence-corrected chi connectivity index (χ4v) is 2.22. The van der Waals surface area contributed by atoms with Gasteiger partial charge in [-0.3, -0.25) is 5.41 Å². The van der Waals surface area contributed by atoms with Crippen LogP contribution in [-0.2, 0) is 11.2 Å². The van der Waals surface area contributed by atoms with Crippen LogP contribution in [0.25, 0.3) is 0 Å². The molecule has 0 radical (unpaired) electrons. The van der Waals surface area contributed by atoms with Gasteiger partial charge in [-0.25, -0.2) is 4.98 Å². The van der Waals surface area contributed by atoms with Crippen molar-refractivity contribution in [1.82, 2.24) is 9.36 Å².